The highest BCUT2D eigenvalue weighted by Crippen LogP contribution is 2.18. The average Bonchev–Trinajstić information content (AvgIpc) is 2.38. The van der Waals surface area contributed by atoms with E-state index in [4.69, 9.17) is 5.73 Å². The van der Waals surface area contributed by atoms with Gasteiger partial charge in [0, 0.05) is 9.75 Å². The molecule has 1 aromatic heterocycles. The van der Waals surface area contributed by atoms with Crippen LogP contribution in [0.2, 0.25) is 0 Å². The molecule has 0 aliphatic carbocycles. The summed E-state index contributed by atoms with van der Waals surface area (Å²) in [5.74, 6) is 0. The molecular formula is C8H9NS2. The first-order valence-corrected chi connectivity index (χ1v) is 4.49. The van der Waals surface area contributed by atoms with Crippen molar-refractivity contribution in [2.75, 3.05) is 0 Å². The lowest BCUT2D eigenvalue weighted by molar-refractivity contribution is 1.64. The molecule has 0 saturated carbocycles. The maximum atomic E-state index is 5.24. The summed E-state index contributed by atoms with van der Waals surface area (Å²) in [5.41, 5.74) is 5.24. The number of rotatable bonds is 2. The summed E-state index contributed by atoms with van der Waals surface area (Å²) in [5, 5.41) is 1.72. The van der Waals surface area contributed by atoms with Crippen molar-refractivity contribution in [1.82, 2.24) is 0 Å². The summed E-state index contributed by atoms with van der Waals surface area (Å²) < 4.78 is 0. The lowest BCUT2D eigenvalue weighted by Gasteiger charge is -1.79. The third-order valence-corrected chi connectivity index (χ3v) is 2.31. The molecule has 0 saturated heterocycles. The fourth-order valence-corrected chi connectivity index (χ4v) is 1.80. The fourth-order valence-electron chi connectivity index (χ4n) is 0.716. The molecule has 0 bridgehead atoms. The van der Waals surface area contributed by atoms with E-state index in [-0.39, 0.29) is 0 Å². The van der Waals surface area contributed by atoms with E-state index in [0.717, 1.165) is 4.88 Å². The van der Waals surface area contributed by atoms with Gasteiger partial charge in [0.1, 0.15) is 0 Å². The minimum Gasteiger partial charge on any atom is -0.405 e. The molecule has 0 aliphatic rings. The van der Waals surface area contributed by atoms with Gasteiger partial charge in [-0.15, -0.1) is 11.3 Å². The SMILES string of the molecule is N/C=C/c1ccc(/C=C/S)s1. The summed E-state index contributed by atoms with van der Waals surface area (Å²) in [6.45, 7) is 0. The molecule has 0 aromatic carbocycles. The summed E-state index contributed by atoms with van der Waals surface area (Å²) in [6.07, 6.45) is 5.36. The van der Waals surface area contributed by atoms with Gasteiger partial charge >= 0.3 is 0 Å². The van der Waals surface area contributed by atoms with Crippen molar-refractivity contribution >= 4 is 36.1 Å². The average molecular weight is 183 g/mol. The Kier molecular flexibility index (Phi) is 3.26. The van der Waals surface area contributed by atoms with Crippen molar-refractivity contribution in [3.63, 3.8) is 0 Å². The van der Waals surface area contributed by atoms with E-state index in [1.54, 1.807) is 22.9 Å². The van der Waals surface area contributed by atoms with Crippen LogP contribution in [0.5, 0.6) is 0 Å². The molecule has 0 fully saturated rings. The van der Waals surface area contributed by atoms with Crippen molar-refractivity contribution in [3.8, 4) is 0 Å². The van der Waals surface area contributed by atoms with Crippen molar-refractivity contribution in [3.05, 3.63) is 33.5 Å². The minimum absolute atomic E-state index is 1.16. The van der Waals surface area contributed by atoms with Crippen LogP contribution in [-0.4, -0.2) is 0 Å². The number of thiol groups is 1. The summed E-state index contributed by atoms with van der Waals surface area (Å²) in [7, 11) is 0. The molecule has 3 heteroatoms. The molecule has 0 amide bonds. The van der Waals surface area contributed by atoms with Gasteiger partial charge in [-0.3, -0.25) is 0 Å². The van der Waals surface area contributed by atoms with Gasteiger partial charge in [0.25, 0.3) is 0 Å². The van der Waals surface area contributed by atoms with Crippen LogP contribution in [0.15, 0.2) is 23.7 Å². The van der Waals surface area contributed by atoms with Crippen LogP contribution in [0.3, 0.4) is 0 Å². The van der Waals surface area contributed by atoms with E-state index in [1.807, 2.05) is 24.3 Å². The molecule has 2 N–H and O–H groups in total. The first-order chi connectivity index (χ1) is 5.36. The Morgan fingerprint density at radius 1 is 1.27 bits per heavy atom. The van der Waals surface area contributed by atoms with E-state index in [1.165, 1.54) is 4.88 Å². The van der Waals surface area contributed by atoms with Crippen LogP contribution in [0.25, 0.3) is 12.2 Å². The van der Waals surface area contributed by atoms with Crippen LogP contribution >= 0.6 is 24.0 Å². The molecule has 0 aliphatic heterocycles. The van der Waals surface area contributed by atoms with Crippen molar-refractivity contribution in [2.24, 2.45) is 5.73 Å². The van der Waals surface area contributed by atoms with Gasteiger partial charge in [0.05, 0.1) is 0 Å². The first kappa shape index (κ1) is 8.43. The zero-order valence-electron chi connectivity index (χ0n) is 5.90. The predicted molar refractivity (Wildman–Crippen MR) is 55.6 cm³/mol. The second-order valence-electron chi connectivity index (χ2n) is 1.91. The second kappa shape index (κ2) is 4.26. The van der Waals surface area contributed by atoms with Crippen molar-refractivity contribution in [2.45, 2.75) is 0 Å². The largest absolute Gasteiger partial charge is 0.405 e. The maximum Gasteiger partial charge on any atom is 0.0290 e. The lowest BCUT2D eigenvalue weighted by atomic mass is 10.4. The standard InChI is InChI=1S/C8H9NS2/c9-5-3-7-1-2-8(11-7)4-6-10/h1-6,10H,9H2/b5-3+,6-4+. The molecule has 1 rings (SSSR count). The maximum absolute atomic E-state index is 5.24. The number of nitrogens with two attached hydrogens (primary N) is 1. The first-order valence-electron chi connectivity index (χ1n) is 3.15. The Morgan fingerprint density at radius 2 is 1.91 bits per heavy atom. The number of hydrogen-bond donors (Lipinski definition) is 2. The summed E-state index contributed by atoms with van der Waals surface area (Å²) in [4.78, 5) is 2.35. The van der Waals surface area contributed by atoms with Gasteiger partial charge in [-0.25, -0.2) is 0 Å². The molecule has 11 heavy (non-hydrogen) atoms. The number of hydrogen-bond acceptors (Lipinski definition) is 3. The molecular weight excluding hydrogens is 174 g/mol. The molecule has 1 aromatic rings. The monoisotopic (exact) mass is 183 g/mol. The van der Waals surface area contributed by atoms with Crippen molar-refractivity contribution in [1.29, 1.82) is 0 Å². The third kappa shape index (κ3) is 2.44. The van der Waals surface area contributed by atoms with Crippen LogP contribution in [0.1, 0.15) is 9.75 Å². The molecule has 1 heterocycles. The van der Waals surface area contributed by atoms with Gasteiger partial charge < -0.3 is 5.73 Å². The topological polar surface area (TPSA) is 26.0 Å². The second-order valence-corrected chi connectivity index (χ2v) is 3.36. The fraction of sp³-hybridized carbons (Fsp3) is 0. The Bertz CT molecular complexity index is 247. The van der Waals surface area contributed by atoms with Gasteiger partial charge in [-0.1, -0.05) is 0 Å². The zero-order valence-corrected chi connectivity index (χ0v) is 7.61. The van der Waals surface area contributed by atoms with Gasteiger partial charge in [0.15, 0.2) is 0 Å². The van der Waals surface area contributed by atoms with Gasteiger partial charge in [0.2, 0.25) is 0 Å². The van der Waals surface area contributed by atoms with Gasteiger partial charge in [-0.05, 0) is 35.9 Å². The van der Waals surface area contributed by atoms with Crippen LogP contribution in [-0.2, 0) is 0 Å². The Labute approximate surface area is 75.6 Å². The minimum atomic E-state index is 1.16. The third-order valence-electron chi connectivity index (χ3n) is 1.15. The Hall–Kier alpha value is -0.670. The van der Waals surface area contributed by atoms with E-state index < -0.39 is 0 Å². The van der Waals surface area contributed by atoms with Crippen molar-refractivity contribution < 1.29 is 0 Å². The predicted octanol–water partition coefficient (Wildman–Crippen LogP) is 2.58. The summed E-state index contributed by atoms with van der Waals surface area (Å²) in [6, 6.07) is 4.06. The molecule has 0 radical (unpaired) electrons. The Balaban J connectivity index is 2.81. The Morgan fingerprint density at radius 3 is 2.45 bits per heavy atom. The van der Waals surface area contributed by atoms with Crippen LogP contribution in [0, 0.1) is 0 Å². The molecule has 0 spiro atoms. The molecule has 1 nitrogen and oxygen atoms in total. The van der Waals surface area contributed by atoms with Gasteiger partial charge in [-0.2, -0.15) is 12.6 Å². The molecule has 0 unspecified atom stereocenters. The normalized spacial score (nSPS) is 11.7. The number of thiophene rings is 1. The molecule has 58 valence electrons. The van der Waals surface area contributed by atoms with E-state index in [0.29, 0.717) is 0 Å². The smallest absolute Gasteiger partial charge is 0.0290 e. The lowest BCUT2D eigenvalue weighted by Crippen LogP contribution is -1.72. The van der Waals surface area contributed by atoms with Crippen LogP contribution < -0.4 is 5.73 Å². The van der Waals surface area contributed by atoms with E-state index >= 15 is 0 Å². The highest BCUT2D eigenvalue weighted by molar-refractivity contribution is 7.83. The summed E-state index contributed by atoms with van der Waals surface area (Å²) >= 11 is 5.66. The quantitative estimate of drug-likeness (QED) is 0.677. The van der Waals surface area contributed by atoms with E-state index in [9.17, 15) is 0 Å². The highest BCUT2D eigenvalue weighted by atomic mass is 32.1. The molecule has 0 atom stereocenters. The van der Waals surface area contributed by atoms with E-state index in [2.05, 4.69) is 12.6 Å². The zero-order chi connectivity index (χ0) is 8.10. The highest BCUT2D eigenvalue weighted by Gasteiger charge is 1.91. The van der Waals surface area contributed by atoms with Crippen LogP contribution in [0.4, 0.5) is 0 Å².